The lowest BCUT2D eigenvalue weighted by Crippen LogP contribution is -2.43. The third-order valence-electron chi connectivity index (χ3n) is 3.38. The number of sulfone groups is 1. The minimum atomic E-state index is -3.23. The molecule has 1 saturated heterocycles. The Balaban J connectivity index is 2.19. The summed E-state index contributed by atoms with van der Waals surface area (Å²) in [5, 5.41) is 12.5. The van der Waals surface area contributed by atoms with Crippen molar-refractivity contribution in [3.05, 3.63) is 23.8 Å². The Morgan fingerprint density at radius 2 is 2.05 bits per heavy atom. The Bertz CT molecular complexity index is 642. The first kappa shape index (κ1) is 15.6. The van der Waals surface area contributed by atoms with Crippen molar-refractivity contribution in [3.63, 3.8) is 0 Å². The summed E-state index contributed by atoms with van der Waals surface area (Å²) in [6.07, 6.45) is -0.591. The van der Waals surface area contributed by atoms with Crippen molar-refractivity contribution in [1.82, 2.24) is 5.32 Å². The molecule has 0 unspecified atom stereocenters. The number of rotatable bonds is 4. The van der Waals surface area contributed by atoms with Gasteiger partial charge in [0.2, 0.25) is 0 Å². The van der Waals surface area contributed by atoms with Gasteiger partial charge < -0.3 is 19.9 Å². The number of hydrogen-bond acceptors (Lipinski definition) is 6. The quantitative estimate of drug-likeness (QED) is 0.807. The van der Waals surface area contributed by atoms with Crippen molar-refractivity contribution in [2.24, 2.45) is 0 Å². The number of hydrogen-bond donors (Lipinski definition) is 2. The highest BCUT2D eigenvalue weighted by molar-refractivity contribution is 7.91. The molecule has 0 spiro atoms. The van der Waals surface area contributed by atoms with E-state index in [-0.39, 0.29) is 28.6 Å². The number of phenolic OH excluding ortho intramolecular Hbond substituents is 1. The molecule has 1 heterocycles. The molecular weight excluding hydrogens is 298 g/mol. The van der Waals surface area contributed by atoms with Crippen LogP contribution in [-0.4, -0.2) is 57.3 Å². The molecule has 2 atom stereocenters. The zero-order chi connectivity index (χ0) is 15.6. The van der Waals surface area contributed by atoms with Crippen LogP contribution in [-0.2, 0) is 14.6 Å². The smallest absolute Gasteiger partial charge is 0.255 e. The van der Waals surface area contributed by atoms with Crippen LogP contribution in [0.25, 0.3) is 0 Å². The molecule has 1 aromatic rings. The maximum Gasteiger partial charge on any atom is 0.255 e. The van der Waals surface area contributed by atoms with Gasteiger partial charge in [0.1, 0.15) is 0 Å². The van der Waals surface area contributed by atoms with Crippen molar-refractivity contribution < 1.29 is 27.8 Å². The first-order chi connectivity index (χ1) is 9.88. The van der Waals surface area contributed by atoms with Crippen molar-refractivity contribution in [2.75, 3.05) is 25.7 Å². The summed E-state index contributed by atoms with van der Waals surface area (Å²) in [5.74, 6) is -0.992. The Morgan fingerprint density at radius 3 is 2.67 bits per heavy atom. The number of amides is 1. The lowest BCUT2D eigenvalue weighted by molar-refractivity contribution is 0.0784. The number of phenols is 1. The van der Waals surface area contributed by atoms with Crippen molar-refractivity contribution in [1.29, 1.82) is 0 Å². The largest absolute Gasteiger partial charge is 0.504 e. The van der Waals surface area contributed by atoms with Gasteiger partial charge in [-0.2, -0.15) is 0 Å². The molecule has 0 radical (unpaired) electrons. The molecule has 7 nitrogen and oxygen atoms in total. The fourth-order valence-electron chi connectivity index (χ4n) is 2.30. The van der Waals surface area contributed by atoms with Gasteiger partial charge in [-0.1, -0.05) is 6.07 Å². The van der Waals surface area contributed by atoms with Crippen LogP contribution < -0.4 is 10.1 Å². The molecule has 1 aromatic carbocycles. The third-order valence-corrected chi connectivity index (χ3v) is 5.09. The van der Waals surface area contributed by atoms with Gasteiger partial charge in [0.25, 0.3) is 5.91 Å². The fraction of sp³-hybridized carbons (Fsp3) is 0.462. The number of ether oxygens (including phenoxy) is 2. The third kappa shape index (κ3) is 3.27. The molecule has 1 aliphatic heterocycles. The molecule has 21 heavy (non-hydrogen) atoms. The van der Waals surface area contributed by atoms with Crippen LogP contribution in [0.4, 0.5) is 0 Å². The van der Waals surface area contributed by atoms with Gasteiger partial charge >= 0.3 is 0 Å². The molecule has 0 aliphatic carbocycles. The van der Waals surface area contributed by atoms with E-state index in [1.54, 1.807) is 6.07 Å². The zero-order valence-electron chi connectivity index (χ0n) is 11.7. The van der Waals surface area contributed by atoms with E-state index in [2.05, 4.69) is 5.32 Å². The van der Waals surface area contributed by atoms with Gasteiger partial charge in [-0.3, -0.25) is 4.79 Å². The lowest BCUT2D eigenvalue weighted by Gasteiger charge is -2.18. The summed E-state index contributed by atoms with van der Waals surface area (Å²) < 4.78 is 33.2. The zero-order valence-corrected chi connectivity index (χ0v) is 12.5. The van der Waals surface area contributed by atoms with E-state index in [0.717, 1.165) is 0 Å². The second-order valence-corrected chi connectivity index (χ2v) is 6.94. The van der Waals surface area contributed by atoms with Gasteiger partial charge in [-0.15, -0.1) is 0 Å². The highest BCUT2D eigenvalue weighted by Crippen LogP contribution is 2.29. The van der Waals surface area contributed by atoms with Gasteiger partial charge in [0.15, 0.2) is 21.3 Å². The lowest BCUT2D eigenvalue weighted by atomic mass is 10.1. The second-order valence-electron chi connectivity index (χ2n) is 4.79. The molecule has 116 valence electrons. The van der Waals surface area contributed by atoms with E-state index in [4.69, 9.17) is 9.47 Å². The number of methoxy groups -OCH3 is 2. The first-order valence-electron chi connectivity index (χ1n) is 6.28. The maximum atomic E-state index is 12.2. The Labute approximate surface area is 122 Å². The molecule has 2 N–H and O–H groups in total. The summed E-state index contributed by atoms with van der Waals surface area (Å²) >= 11 is 0. The van der Waals surface area contributed by atoms with E-state index in [1.807, 2.05) is 0 Å². The fourth-order valence-corrected chi connectivity index (χ4v) is 4.15. The standard InChI is InChI=1S/C13H17NO6S/c1-19-10-5-3-4-8(12(10)15)13(16)14-9-6-21(17,18)7-11(9)20-2/h3-5,9,11,15H,6-7H2,1-2H3,(H,14,16)/t9-,11-/m1/s1. The Kier molecular flexibility index (Phi) is 4.38. The van der Waals surface area contributed by atoms with Gasteiger partial charge in [-0.05, 0) is 12.1 Å². The number of aromatic hydroxyl groups is 1. The van der Waals surface area contributed by atoms with Gasteiger partial charge in [0, 0.05) is 7.11 Å². The summed E-state index contributed by atoms with van der Waals surface area (Å²) in [7, 11) is -0.462. The molecule has 0 saturated carbocycles. The van der Waals surface area contributed by atoms with Crippen LogP contribution in [0.1, 0.15) is 10.4 Å². The summed E-state index contributed by atoms with van der Waals surface area (Å²) in [4.78, 5) is 12.2. The van der Waals surface area contributed by atoms with Gasteiger partial charge in [-0.25, -0.2) is 8.42 Å². The topological polar surface area (TPSA) is 102 Å². The van der Waals surface area contributed by atoms with E-state index in [9.17, 15) is 18.3 Å². The first-order valence-corrected chi connectivity index (χ1v) is 8.10. The molecule has 1 aliphatic rings. The molecule has 1 fully saturated rings. The number of carbonyl (C=O) groups is 1. The number of benzene rings is 1. The average molecular weight is 315 g/mol. The Hall–Kier alpha value is -1.80. The van der Waals surface area contributed by atoms with Crippen molar-refractivity contribution >= 4 is 15.7 Å². The number of carbonyl (C=O) groups excluding carboxylic acids is 1. The normalized spacial score (nSPS) is 23.7. The summed E-state index contributed by atoms with van der Waals surface area (Å²) in [6.45, 7) is 0. The van der Waals surface area contributed by atoms with E-state index in [1.165, 1.54) is 26.4 Å². The predicted octanol–water partition coefficient (Wildman–Crippen LogP) is -0.0574. The molecule has 0 bridgehead atoms. The summed E-state index contributed by atoms with van der Waals surface area (Å²) in [6, 6.07) is 3.87. The predicted molar refractivity (Wildman–Crippen MR) is 75.4 cm³/mol. The van der Waals surface area contributed by atoms with E-state index >= 15 is 0 Å². The van der Waals surface area contributed by atoms with E-state index < -0.39 is 27.9 Å². The second kappa shape index (κ2) is 5.90. The Morgan fingerprint density at radius 1 is 1.33 bits per heavy atom. The highest BCUT2D eigenvalue weighted by Gasteiger charge is 2.39. The monoisotopic (exact) mass is 315 g/mol. The highest BCUT2D eigenvalue weighted by atomic mass is 32.2. The maximum absolute atomic E-state index is 12.2. The van der Waals surface area contributed by atoms with Crippen LogP contribution in [0.15, 0.2) is 18.2 Å². The van der Waals surface area contributed by atoms with Crippen LogP contribution >= 0.6 is 0 Å². The molecular formula is C13H17NO6S. The summed E-state index contributed by atoms with van der Waals surface area (Å²) in [5.41, 5.74) is 0.0218. The van der Waals surface area contributed by atoms with Crippen LogP contribution in [0.2, 0.25) is 0 Å². The van der Waals surface area contributed by atoms with Gasteiger partial charge in [0.05, 0.1) is 36.3 Å². The van der Waals surface area contributed by atoms with Crippen molar-refractivity contribution in [2.45, 2.75) is 12.1 Å². The number of nitrogens with one attached hydrogen (secondary N) is 1. The van der Waals surface area contributed by atoms with Crippen LogP contribution in [0.3, 0.4) is 0 Å². The molecule has 0 aromatic heterocycles. The minimum absolute atomic E-state index is 0.0218. The molecule has 8 heteroatoms. The van der Waals surface area contributed by atoms with E-state index in [0.29, 0.717) is 0 Å². The average Bonchev–Trinajstić information content (AvgIpc) is 2.73. The minimum Gasteiger partial charge on any atom is -0.504 e. The van der Waals surface area contributed by atoms with Crippen LogP contribution in [0.5, 0.6) is 11.5 Å². The SMILES string of the molecule is COc1cccc(C(=O)N[C@@H]2CS(=O)(=O)C[C@H]2OC)c1O. The van der Waals surface area contributed by atoms with Crippen LogP contribution in [0, 0.1) is 0 Å². The molecule has 2 rings (SSSR count). The molecule has 1 amide bonds. The van der Waals surface area contributed by atoms with Crippen molar-refractivity contribution in [3.8, 4) is 11.5 Å². The number of para-hydroxylation sites is 1.